The third-order valence-corrected chi connectivity index (χ3v) is 5.55. The molecule has 1 aliphatic heterocycles. The van der Waals surface area contributed by atoms with Crippen molar-refractivity contribution in [2.24, 2.45) is 0 Å². The Kier molecular flexibility index (Phi) is 7.20. The van der Waals surface area contributed by atoms with Gasteiger partial charge in [0.25, 0.3) is 11.7 Å². The first-order valence-electron chi connectivity index (χ1n) is 9.63. The van der Waals surface area contributed by atoms with Crippen LogP contribution in [0, 0.1) is 0 Å². The Morgan fingerprint density at radius 1 is 1.23 bits per heavy atom. The molecule has 1 unspecified atom stereocenters. The van der Waals surface area contributed by atoms with Crippen molar-refractivity contribution in [1.82, 2.24) is 14.8 Å². The number of halogens is 2. The zero-order valence-electron chi connectivity index (χ0n) is 17.4. The average molecular weight is 464 g/mol. The van der Waals surface area contributed by atoms with E-state index in [9.17, 15) is 14.7 Å². The summed E-state index contributed by atoms with van der Waals surface area (Å²) in [6.45, 7) is 1.08. The van der Waals surface area contributed by atoms with Gasteiger partial charge in [-0.05, 0) is 51.3 Å². The molecule has 1 saturated heterocycles. The van der Waals surface area contributed by atoms with E-state index in [0.29, 0.717) is 18.7 Å². The van der Waals surface area contributed by atoms with Crippen LogP contribution in [0.4, 0.5) is 0 Å². The van der Waals surface area contributed by atoms with Crippen molar-refractivity contribution in [2.75, 3.05) is 34.3 Å². The minimum absolute atomic E-state index is 0.0501. The number of Topliss-reactive ketones (excluding diaryl/α,β-unsaturated/α-hetero) is 1. The second kappa shape index (κ2) is 9.68. The third kappa shape index (κ3) is 4.69. The fraction of sp³-hybridized carbons (Fsp3) is 0.318. The topological polar surface area (TPSA) is 83.0 Å². The molecule has 0 spiro atoms. The highest BCUT2D eigenvalue weighted by Crippen LogP contribution is 2.41. The zero-order chi connectivity index (χ0) is 22.7. The van der Waals surface area contributed by atoms with Crippen molar-refractivity contribution in [3.63, 3.8) is 0 Å². The first-order chi connectivity index (χ1) is 14.8. The first kappa shape index (κ1) is 23.1. The molecule has 2 aromatic rings. The van der Waals surface area contributed by atoms with Gasteiger partial charge in [0.15, 0.2) is 5.75 Å². The molecular weight excluding hydrogens is 441 g/mol. The summed E-state index contributed by atoms with van der Waals surface area (Å²) in [5, 5.41) is 11.4. The van der Waals surface area contributed by atoms with E-state index in [2.05, 4.69) is 4.98 Å². The number of ketones is 1. The molecule has 3 rings (SSSR count). The number of aromatic nitrogens is 1. The molecule has 0 radical (unpaired) electrons. The summed E-state index contributed by atoms with van der Waals surface area (Å²) < 4.78 is 5.14. The van der Waals surface area contributed by atoms with Crippen molar-refractivity contribution in [1.29, 1.82) is 0 Å². The van der Waals surface area contributed by atoms with Gasteiger partial charge in [0.2, 0.25) is 0 Å². The molecule has 1 aliphatic rings. The van der Waals surface area contributed by atoms with Gasteiger partial charge in [0, 0.05) is 18.3 Å². The number of rotatable bonds is 7. The standard InChI is InChI=1S/C22H23Cl2N3O4/c1-26(2)9-6-10-27-18(16-7-4-5-8-25-16)17(20(29)22(27)30)19(28)13-11-14(23)21(31-3)15(24)12-13/h4-5,7-8,11-12,18,28H,6,9-10H2,1-3H3/b19-17+. The van der Waals surface area contributed by atoms with Crippen LogP contribution < -0.4 is 4.74 Å². The second-order valence-corrected chi connectivity index (χ2v) is 8.19. The van der Waals surface area contributed by atoms with Crippen LogP contribution in [0.1, 0.15) is 23.7 Å². The van der Waals surface area contributed by atoms with Gasteiger partial charge >= 0.3 is 0 Å². The van der Waals surface area contributed by atoms with E-state index in [4.69, 9.17) is 27.9 Å². The number of likely N-dealkylation sites (tertiary alicyclic amines) is 1. The highest BCUT2D eigenvalue weighted by molar-refractivity contribution is 6.46. The Labute approximate surface area is 190 Å². The molecule has 9 heteroatoms. The number of pyridine rings is 1. The Balaban J connectivity index is 2.12. The number of ether oxygens (including phenoxy) is 1. The normalized spacial score (nSPS) is 18.1. The molecule has 1 amide bonds. The Bertz CT molecular complexity index is 1000. The monoisotopic (exact) mass is 463 g/mol. The summed E-state index contributed by atoms with van der Waals surface area (Å²) in [6.07, 6.45) is 2.24. The lowest BCUT2D eigenvalue weighted by Crippen LogP contribution is -2.32. The summed E-state index contributed by atoms with van der Waals surface area (Å²) in [4.78, 5) is 33.6. The molecule has 164 valence electrons. The summed E-state index contributed by atoms with van der Waals surface area (Å²) in [6, 6.07) is 7.29. The predicted molar refractivity (Wildman–Crippen MR) is 119 cm³/mol. The maximum Gasteiger partial charge on any atom is 0.295 e. The molecule has 31 heavy (non-hydrogen) atoms. The molecule has 0 bridgehead atoms. The molecule has 7 nitrogen and oxygen atoms in total. The zero-order valence-corrected chi connectivity index (χ0v) is 18.9. The van der Waals surface area contributed by atoms with Crippen molar-refractivity contribution < 1.29 is 19.4 Å². The maximum absolute atomic E-state index is 13.0. The first-order valence-corrected chi connectivity index (χ1v) is 10.4. The smallest absolute Gasteiger partial charge is 0.295 e. The van der Waals surface area contributed by atoms with E-state index in [-0.39, 0.29) is 32.7 Å². The molecule has 1 fully saturated rings. The number of carbonyl (C=O) groups is 2. The number of aliphatic hydroxyl groups is 1. The van der Waals surface area contributed by atoms with Gasteiger partial charge in [-0.1, -0.05) is 29.3 Å². The van der Waals surface area contributed by atoms with Crippen LogP contribution in [-0.4, -0.2) is 65.9 Å². The highest BCUT2D eigenvalue weighted by Gasteiger charge is 2.46. The van der Waals surface area contributed by atoms with Crippen molar-refractivity contribution in [3.05, 3.63) is 63.4 Å². The summed E-state index contributed by atoms with van der Waals surface area (Å²) in [5.41, 5.74) is 0.646. The Morgan fingerprint density at radius 3 is 2.45 bits per heavy atom. The quantitative estimate of drug-likeness (QED) is 0.382. The Hall–Kier alpha value is -2.61. The van der Waals surface area contributed by atoms with Crippen LogP contribution in [-0.2, 0) is 9.59 Å². The number of aliphatic hydroxyl groups excluding tert-OH is 1. The second-order valence-electron chi connectivity index (χ2n) is 7.38. The van der Waals surface area contributed by atoms with E-state index in [1.165, 1.54) is 24.1 Å². The number of nitrogens with zero attached hydrogens (tertiary/aromatic N) is 3. The lowest BCUT2D eigenvalue weighted by molar-refractivity contribution is -0.140. The maximum atomic E-state index is 13.0. The van der Waals surface area contributed by atoms with Crippen molar-refractivity contribution >= 4 is 40.7 Å². The molecule has 0 saturated carbocycles. The number of hydrogen-bond acceptors (Lipinski definition) is 6. The minimum Gasteiger partial charge on any atom is -0.507 e. The summed E-state index contributed by atoms with van der Waals surface area (Å²) in [5.74, 6) is -1.57. The van der Waals surface area contributed by atoms with E-state index in [1.54, 1.807) is 24.4 Å². The van der Waals surface area contributed by atoms with E-state index < -0.39 is 17.7 Å². The number of hydrogen-bond donors (Lipinski definition) is 1. The molecule has 1 aromatic carbocycles. The molecule has 1 aromatic heterocycles. The van der Waals surface area contributed by atoms with Crippen LogP contribution in [0.3, 0.4) is 0 Å². The minimum atomic E-state index is -0.817. The van der Waals surface area contributed by atoms with Crippen LogP contribution >= 0.6 is 23.2 Å². The number of amides is 1. The van der Waals surface area contributed by atoms with Crippen LogP contribution in [0.25, 0.3) is 5.76 Å². The lowest BCUT2D eigenvalue weighted by atomic mass is 9.98. The van der Waals surface area contributed by atoms with E-state index in [1.807, 2.05) is 19.0 Å². The molecule has 2 heterocycles. The molecule has 1 atom stereocenters. The van der Waals surface area contributed by atoms with Crippen LogP contribution in [0.15, 0.2) is 42.1 Å². The third-order valence-electron chi connectivity index (χ3n) is 4.99. The fourth-order valence-corrected chi connectivity index (χ4v) is 4.20. The summed E-state index contributed by atoms with van der Waals surface area (Å²) in [7, 11) is 5.29. The van der Waals surface area contributed by atoms with Crippen LogP contribution in [0.5, 0.6) is 5.75 Å². The lowest BCUT2D eigenvalue weighted by Gasteiger charge is -2.25. The molecule has 0 aliphatic carbocycles. The average Bonchev–Trinajstić information content (AvgIpc) is 2.98. The number of carbonyl (C=O) groups excluding carboxylic acids is 2. The predicted octanol–water partition coefficient (Wildman–Crippen LogP) is 3.77. The highest BCUT2D eigenvalue weighted by atomic mass is 35.5. The van der Waals surface area contributed by atoms with E-state index >= 15 is 0 Å². The van der Waals surface area contributed by atoms with Gasteiger partial charge < -0.3 is 19.6 Å². The number of benzene rings is 1. The van der Waals surface area contributed by atoms with E-state index in [0.717, 1.165) is 6.54 Å². The van der Waals surface area contributed by atoms with Gasteiger partial charge in [-0.15, -0.1) is 0 Å². The fourth-order valence-electron chi connectivity index (χ4n) is 3.56. The van der Waals surface area contributed by atoms with Crippen molar-refractivity contribution in [2.45, 2.75) is 12.5 Å². The van der Waals surface area contributed by atoms with Gasteiger partial charge in [-0.3, -0.25) is 14.6 Å². The Morgan fingerprint density at radius 2 is 1.90 bits per heavy atom. The van der Waals surface area contributed by atoms with Crippen molar-refractivity contribution in [3.8, 4) is 5.75 Å². The van der Waals surface area contributed by atoms with Gasteiger partial charge in [0.1, 0.15) is 11.8 Å². The number of methoxy groups -OCH3 is 1. The largest absolute Gasteiger partial charge is 0.507 e. The SMILES string of the molecule is COc1c(Cl)cc(/C(O)=C2\C(=O)C(=O)N(CCCN(C)C)C2c2ccccn2)cc1Cl. The van der Waals surface area contributed by atoms with Crippen LogP contribution in [0.2, 0.25) is 10.0 Å². The summed E-state index contributed by atoms with van der Waals surface area (Å²) >= 11 is 12.4. The molecular formula is C22H23Cl2N3O4. The molecule has 1 N–H and O–H groups in total. The van der Waals surface area contributed by atoms with Gasteiger partial charge in [-0.2, -0.15) is 0 Å². The van der Waals surface area contributed by atoms with Gasteiger partial charge in [0.05, 0.1) is 28.4 Å². The van der Waals surface area contributed by atoms with Gasteiger partial charge in [-0.25, -0.2) is 0 Å².